The summed E-state index contributed by atoms with van der Waals surface area (Å²) in [5.74, 6) is -0.920. The SMILES string of the molecule is CC(C)(CC(C)(C)C(=O)O)NS(=O)O. The molecular formula is C8H17NO4S. The van der Waals surface area contributed by atoms with E-state index in [1.54, 1.807) is 27.7 Å². The van der Waals surface area contributed by atoms with Crippen molar-refractivity contribution in [3.63, 3.8) is 0 Å². The quantitative estimate of drug-likeness (QED) is 0.607. The lowest BCUT2D eigenvalue weighted by Gasteiger charge is -2.31. The van der Waals surface area contributed by atoms with Gasteiger partial charge in [-0.2, -0.15) is 0 Å². The van der Waals surface area contributed by atoms with Gasteiger partial charge >= 0.3 is 5.97 Å². The number of hydrogen-bond acceptors (Lipinski definition) is 2. The third-order valence-electron chi connectivity index (χ3n) is 1.83. The molecule has 0 aromatic heterocycles. The molecule has 14 heavy (non-hydrogen) atoms. The summed E-state index contributed by atoms with van der Waals surface area (Å²) in [7, 11) is 0. The molecule has 0 amide bonds. The van der Waals surface area contributed by atoms with Crippen molar-refractivity contribution in [1.29, 1.82) is 0 Å². The molecule has 5 nitrogen and oxygen atoms in total. The number of carboxylic acid groups (broad SMARTS) is 1. The third kappa shape index (κ3) is 4.69. The Morgan fingerprint density at radius 1 is 1.36 bits per heavy atom. The van der Waals surface area contributed by atoms with Crippen LogP contribution in [0.25, 0.3) is 0 Å². The largest absolute Gasteiger partial charge is 0.481 e. The molecule has 0 heterocycles. The molecule has 1 unspecified atom stereocenters. The van der Waals surface area contributed by atoms with Gasteiger partial charge in [-0.1, -0.05) is 0 Å². The van der Waals surface area contributed by atoms with Crippen molar-refractivity contribution >= 4 is 17.2 Å². The van der Waals surface area contributed by atoms with Crippen molar-refractivity contribution in [2.45, 2.75) is 39.7 Å². The predicted octanol–water partition coefficient (Wildman–Crippen LogP) is 0.992. The van der Waals surface area contributed by atoms with Gasteiger partial charge in [0.05, 0.1) is 5.41 Å². The van der Waals surface area contributed by atoms with Crippen molar-refractivity contribution in [1.82, 2.24) is 4.72 Å². The van der Waals surface area contributed by atoms with Crippen molar-refractivity contribution in [2.75, 3.05) is 0 Å². The highest BCUT2D eigenvalue weighted by atomic mass is 32.2. The van der Waals surface area contributed by atoms with Gasteiger partial charge in [-0.05, 0) is 34.1 Å². The highest BCUT2D eigenvalue weighted by Gasteiger charge is 2.35. The summed E-state index contributed by atoms with van der Waals surface area (Å²) in [5.41, 5.74) is -1.61. The van der Waals surface area contributed by atoms with Crippen molar-refractivity contribution in [2.24, 2.45) is 5.41 Å². The van der Waals surface area contributed by atoms with E-state index >= 15 is 0 Å². The first-order valence-corrected chi connectivity index (χ1v) is 5.29. The minimum absolute atomic E-state index is 0.266. The van der Waals surface area contributed by atoms with Gasteiger partial charge in [0.1, 0.15) is 0 Å². The van der Waals surface area contributed by atoms with Gasteiger partial charge in [0, 0.05) is 5.54 Å². The standard InChI is InChI=1S/C8H17NO4S/c1-7(2,6(10)11)5-8(3,4)9-14(12)13/h9H,5H2,1-4H3,(H,10,11)(H,12,13). The summed E-state index contributed by atoms with van der Waals surface area (Å²) in [6.07, 6.45) is 0.266. The van der Waals surface area contributed by atoms with Crippen molar-refractivity contribution in [3.05, 3.63) is 0 Å². The van der Waals surface area contributed by atoms with Crippen molar-refractivity contribution in [3.8, 4) is 0 Å². The molecule has 0 aliphatic carbocycles. The average molecular weight is 223 g/mol. The summed E-state index contributed by atoms with van der Waals surface area (Å²) < 4.78 is 21.6. The molecule has 0 radical (unpaired) electrons. The van der Waals surface area contributed by atoms with Gasteiger partial charge in [-0.25, -0.2) is 8.93 Å². The monoisotopic (exact) mass is 223 g/mol. The van der Waals surface area contributed by atoms with E-state index in [1.165, 1.54) is 0 Å². The van der Waals surface area contributed by atoms with Crippen LogP contribution in [0.15, 0.2) is 0 Å². The van der Waals surface area contributed by atoms with E-state index in [1.807, 2.05) is 0 Å². The molecule has 1 atom stereocenters. The van der Waals surface area contributed by atoms with E-state index in [-0.39, 0.29) is 6.42 Å². The van der Waals surface area contributed by atoms with Gasteiger partial charge < -0.3 is 5.11 Å². The smallest absolute Gasteiger partial charge is 0.309 e. The molecule has 0 rings (SSSR count). The molecule has 0 aliphatic heterocycles. The normalized spacial score (nSPS) is 15.2. The Bertz CT molecular complexity index is 250. The van der Waals surface area contributed by atoms with E-state index < -0.39 is 28.2 Å². The van der Waals surface area contributed by atoms with Crippen LogP contribution in [0.5, 0.6) is 0 Å². The second-order valence-electron chi connectivity index (χ2n) is 4.60. The van der Waals surface area contributed by atoms with Crippen LogP contribution in [0, 0.1) is 5.41 Å². The minimum Gasteiger partial charge on any atom is -0.481 e. The van der Waals surface area contributed by atoms with Crippen LogP contribution in [0.1, 0.15) is 34.1 Å². The molecule has 0 saturated carbocycles. The maximum Gasteiger partial charge on any atom is 0.309 e. The highest BCUT2D eigenvalue weighted by Crippen LogP contribution is 2.28. The van der Waals surface area contributed by atoms with E-state index in [4.69, 9.17) is 9.66 Å². The van der Waals surface area contributed by atoms with Gasteiger partial charge in [0.15, 0.2) is 0 Å². The zero-order valence-electron chi connectivity index (χ0n) is 8.83. The van der Waals surface area contributed by atoms with E-state index in [0.29, 0.717) is 0 Å². The van der Waals surface area contributed by atoms with Crippen LogP contribution < -0.4 is 4.72 Å². The van der Waals surface area contributed by atoms with Crippen LogP contribution in [-0.2, 0) is 16.1 Å². The summed E-state index contributed by atoms with van der Waals surface area (Å²) in [6, 6.07) is 0. The zero-order valence-corrected chi connectivity index (χ0v) is 9.64. The lowest BCUT2D eigenvalue weighted by Crippen LogP contribution is -2.45. The first kappa shape index (κ1) is 13.5. The Hall–Kier alpha value is -0.460. The van der Waals surface area contributed by atoms with Crippen LogP contribution >= 0.6 is 0 Å². The molecule has 0 aliphatic rings. The highest BCUT2D eigenvalue weighted by molar-refractivity contribution is 7.77. The minimum atomic E-state index is -2.13. The molecule has 6 heteroatoms. The van der Waals surface area contributed by atoms with Gasteiger partial charge in [-0.3, -0.25) is 9.35 Å². The number of carbonyl (C=O) groups is 1. The Balaban J connectivity index is 4.49. The summed E-state index contributed by atoms with van der Waals surface area (Å²) >= 11 is -2.13. The lowest BCUT2D eigenvalue weighted by atomic mass is 9.81. The first-order valence-electron chi connectivity index (χ1n) is 4.19. The first-order chi connectivity index (χ1) is 6.07. The average Bonchev–Trinajstić information content (AvgIpc) is 1.79. The molecule has 0 saturated heterocycles. The Labute approximate surface area is 86.3 Å². The number of rotatable bonds is 5. The molecule has 0 aromatic rings. The van der Waals surface area contributed by atoms with Crippen LogP contribution in [-0.4, -0.2) is 25.4 Å². The second-order valence-corrected chi connectivity index (χ2v) is 5.30. The van der Waals surface area contributed by atoms with E-state index in [0.717, 1.165) is 0 Å². The summed E-state index contributed by atoms with van der Waals surface area (Å²) in [4.78, 5) is 10.8. The fraction of sp³-hybridized carbons (Fsp3) is 0.875. The maximum absolute atomic E-state index is 10.8. The molecule has 3 N–H and O–H groups in total. The maximum atomic E-state index is 10.8. The molecule has 84 valence electrons. The molecule has 0 fully saturated rings. The molecule has 0 bridgehead atoms. The van der Waals surface area contributed by atoms with Gasteiger partial charge in [0.25, 0.3) is 0 Å². The predicted molar refractivity (Wildman–Crippen MR) is 54.0 cm³/mol. The number of hydrogen-bond donors (Lipinski definition) is 3. The topological polar surface area (TPSA) is 86.6 Å². The number of nitrogens with one attached hydrogen (secondary N) is 1. The van der Waals surface area contributed by atoms with Crippen LogP contribution in [0.2, 0.25) is 0 Å². The molecule has 0 spiro atoms. The van der Waals surface area contributed by atoms with Gasteiger partial charge in [0.2, 0.25) is 11.3 Å². The van der Waals surface area contributed by atoms with E-state index in [2.05, 4.69) is 4.72 Å². The molecular weight excluding hydrogens is 206 g/mol. The Kier molecular flexibility index (Phi) is 4.23. The number of aliphatic carboxylic acids is 1. The Morgan fingerprint density at radius 2 is 1.79 bits per heavy atom. The summed E-state index contributed by atoms with van der Waals surface area (Å²) in [6.45, 7) is 6.54. The fourth-order valence-corrected chi connectivity index (χ4v) is 2.00. The lowest BCUT2D eigenvalue weighted by molar-refractivity contribution is -0.148. The summed E-state index contributed by atoms with van der Waals surface area (Å²) in [5, 5.41) is 8.87. The fourth-order valence-electron chi connectivity index (χ4n) is 1.45. The van der Waals surface area contributed by atoms with E-state index in [9.17, 15) is 9.00 Å². The van der Waals surface area contributed by atoms with Gasteiger partial charge in [-0.15, -0.1) is 0 Å². The van der Waals surface area contributed by atoms with Crippen LogP contribution in [0.4, 0.5) is 0 Å². The van der Waals surface area contributed by atoms with Crippen LogP contribution in [0.3, 0.4) is 0 Å². The third-order valence-corrected chi connectivity index (χ3v) is 2.55. The number of carboxylic acids is 1. The molecule has 0 aromatic carbocycles. The second kappa shape index (κ2) is 4.37. The zero-order chi connectivity index (χ0) is 11.6. The Morgan fingerprint density at radius 3 is 2.07 bits per heavy atom. The van der Waals surface area contributed by atoms with Crippen molar-refractivity contribution < 1.29 is 18.7 Å².